The van der Waals surface area contributed by atoms with Gasteiger partial charge in [-0.2, -0.15) is 0 Å². The van der Waals surface area contributed by atoms with Crippen LogP contribution in [0.4, 0.5) is 0 Å². The predicted molar refractivity (Wildman–Crippen MR) is 124 cm³/mol. The number of rotatable bonds is 7. The van der Waals surface area contributed by atoms with E-state index in [0.29, 0.717) is 27.6 Å². The second-order valence-corrected chi connectivity index (χ2v) is 9.12. The monoisotopic (exact) mass is 443 g/mol. The SMILES string of the molecule is CC(C)Cn1c(SCC(=O)N(C)C(C)c2ccccc2)nc2ccc(Cl)cc2c1=O. The molecular formula is C23H26ClN3O2S. The van der Waals surface area contributed by atoms with Gasteiger partial charge in [0.25, 0.3) is 5.56 Å². The number of hydrogen-bond donors (Lipinski definition) is 0. The molecule has 3 rings (SSSR count). The fourth-order valence-corrected chi connectivity index (χ4v) is 4.31. The normalized spacial score (nSPS) is 12.3. The summed E-state index contributed by atoms with van der Waals surface area (Å²) in [5, 5.41) is 1.55. The lowest BCUT2D eigenvalue weighted by molar-refractivity contribution is -0.128. The van der Waals surface area contributed by atoms with E-state index in [1.165, 1.54) is 11.8 Å². The van der Waals surface area contributed by atoms with Crippen molar-refractivity contribution in [2.45, 2.75) is 38.5 Å². The number of thioether (sulfide) groups is 1. The summed E-state index contributed by atoms with van der Waals surface area (Å²) < 4.78 is 1.65. The molecule has 0 saturated carbocycles. The molecule has 0 aliphatic carbocycles. The lowest BCUT2D eigenvalue weighted by Crippen LogP contribution is -2.31. The van der Waals surface area contributed by atoms with Crippen molar-refractivity contribution in [2.24, 2.45) is 5.92 Å². The second-order valence-electron chi connectivity index (χ2n) is 7.75. The third-order valence-electron chi connectivity index (χ3n) is 5.01. The van der Waals surface area contributed by atoms with Crippen LogP contribution in [-0.2, 0) is 11.3 Å². The van der Waals surface area contributed by atoms with Gasteiger partial charge in [0.1, 0.15) is 0 Å². The van der Waals surface area contributed by atoms with Gasteiger partial charge in [0.2, 0.25) is 5.91 Å². The van der Waals surface area contributed by atoms with Crippen molar-refractivity contribution in [3.05, 3.63) is 69.5 Å². The van der Waals surface area contributed by atoms with E-state index in [1.807, 2.05) is 51.1 Å². The third-order valence-corrected chi connectivity index (χ3v) is 6.21. The maximum atomic E-state index is 13.1. The van der Waals surface area contributed by atoms with Crippen LogP contribution in [0.25, 0.3) is 10.9 Å². The number of amides is 1. The fraction of sp³-hybridized carbons (Fsp3) is 0.348. The van der Waals surface area contributed by atoms with Crippen LogP contribution in [0.2, 0.25) is 5.02 Å². The Morgan fingerprint density at radius 2 is 1.87 bits per heavy atom. The number of benzene rings is 2. The molecule has 0 saturated heterocycles. The van der Waals surface area contributed by atoms with Gasteiger partial charge in [-0.25, -0.2) is 4.98 Å². The molecule has 1 aromatic heterocycles. The summed E-state index contributed by atoms with van der Waals surface area (Å²) in [5.74, 6) is 0.451. The van der Waals surface area contributed by atoms with Crippen LogP contribution < -0.4 is 5.56 Å². The zero-order valence-electron chi connectivity index (χ0n) is 17.6. The maximum Gasteiger partial charge on any atom is 0.262 e. The molecule has 158 valence electrons. The van der Waals surface area contributed by atoms with Crippen molar-refractivity contribution in [3.63, 3.8) is 0 Å². The lowest BCUT2D eigenvalue weighted by atomic mass is 10.1. The first-order valence-corrected chi connectivity index (χ1v) is 11.3. The first kappa shape index (κ1) is 22.4. The Morgan fingerprint density at radius 1 is 1.17 bits per heavy atom. The minimum atomic E-state index is -0.128. The van der Waals surface area contributed by atoms with E-state index in [1.54, 1.807) is 34.7 Å². The van der Waals surface area contributed by atoms with E-state index in [4.69, 9.17) is 11.6 Å². The summed E-state index contributed by atoms with van der Waals surface area (Å²) >= 11 is 7.37. The predicted octanol–water partition coefficient (Wildman–Crippen LogP) is 5.02. The molecule has 0 aliphatic rings. The summed E-state index contributed by atoms with van der Waals surface area (Å²) in [6.45, 7) is 6.62. The van der Waals surface area contributed by atoms with Crippen LogP contribution in [0, 0.1) is 5.92 Å². The summed E-state index contributed by atoms with van der Waals surface area (Å²) in [5.41, 5.74) is 1.54. The van der Waals surface area contributed by atoms with E-state index >= 15 is 0 Å². The van der Waals surface area contributed by atoms with E-state index in [2.05, 4.69) is 4.98 Å². The average molecular weight is 444 g/mol. The van der Waals surface area contributed by atoms with Crippen molar-refractivity contribution >= 4 is 40.2 Å². The number of nitrogens with zero attached hydrogens (tertiary/aromatic N) is 3. The van der Waals surface area contributed by atoms with Crippen molar-refractivity contribution in [1.29, 1.82) is 0 Å². The number of halogens is 1. The van der Waals surface area contributed by atoms with Crippen LogP contribution in [-0.4, -0.2) is 33.2 Å². The van der Waals surface area contributed by atoms with E-state index in [0.717, 1.165) is 5.56 Å². The molecule has 2 aromatic carbocycles. The molecule has 30 heavy (non-hydrogen) atoms. The van der Waals surface area contributed by atoms with Crippen molar-refractivity contribution < 1.29 is 4.79 Å². The summed E-state index contributed by atoms with van der Waals surface area (Å²) in [6.07, 6.45) is 0. The van der Waals surface area contributed by atoms with Gasteiger partial charge in [0, 0.05) is 18.6 Å². The molecule has 1 amide bonds. The topological polar surface area (TPSA) is 55.2 Å². The van der Waals surface area contributed by atoms with Gasteiger partial charge >= 0.3 is 0 Å². The molecule has 3 aromatic rings. The minimum Gasteiger partial charge on any atom is -0.338 e. The Hall–Kier alpha value is -2.31. The second kappa shape index (κ2) is 9.67. The Morgan fingerprint density at radius 3 is 2.53 bits per heavy atom. The van der Waals surface area contributed by atoms with Crippen molar-refractivity contribution in [1.82, 2.24) is 14.5 Å². The Kier molecular flexibility index (Phi) is 7.21. The largest absolute Gasteiger partial charge is 0.338 e. The molecule has 1 unspecified atom stereocenters. The lowest BCUT2D eigenvalue weighted by Gasteiger charge is -2.25. The van der Waals surface area contributed by atoms with Gasteiger partial charge < -0.3 is 4.90 Å². The van der Waals surface area contributed by atoms with Gasteiger partial charge in [-0.15, -0.1) is 0 Å². The average Bonchev–Trinajstić information content (AvgIpc) is 2.74. The van der Waals surface area contributed by atoms with E-state index in [-0.39, 0.29) is 29.2 Å². The first-order chi connectivity index (χ1) is 14.3. The third kappa shape index (κ3) is 5.05. The standard InChI is InChI=1S/C23H26ClN3O2S/c1-15(2)13-27-22(29)19-12-18(24)10-11-20(19)25-23(27)30-14-21(28)26(4)16(3)17-8-6-5-7-9-17/h5-12,15-16H,13-14H2,1-4H3. The van der Waals surface area contributed by atoms with Gasteiger partial charge in [-0.05, 0) is 36.6 Å². The van der Waals surface area contributed by atoms with Crippen LogP contribution in [0.1, 0.15) is 32.4 Å². The van der Waals surface area contributed by atoms with Crippen molar-refractivity contribution in [3.8, 4) is 0 Å². The molecule has 0 spiro atoms. The highest BCUT2D eigenvalue weighted by molar-refractivity contribution is 7.99. The van der Waals surface area contributed by atoms with Crippen molar-refractivity contribution in [2.75, 3.05) is 12.8 Å². The maximum absolute atomic E-state index is 13.1. The zero-order valence-corrected chi connectivity index (χ0v) is 19.2. The number of carbonyl (C=O) groups is 1. The number of fused-ring (bicyclic) bond motifs is 1. The summed E-state index contributed by atoms with van der Waals surface area (Å²) in [6, 6.07) is 15.0. The Balaban J connectivity index is 1.84. The number of hydrogen-bond acceptors (Lipinski definition) is 4. The first-order valence-electron chi connectivity index (χ1n) is 9.91. The summed E-state index contributed by atoms with van der Waals surface area (Å²) in [7, 11) is 1.80. The molecule has 1 heterocycles. The fourth-order valence-electron chi connectivity index (χ4n) is 3.21. The van der Waals surface area contributed by atoms with Crippen LogP contribution in [0.5, 0.6) is 0 Å². The van der Waals surface area contributed by atoms with Crippen LogP contribution in [0.3, 0.4) is 0 Å². The molecule has 5 nitrogen and oxygen atoms in total. The summed E-state index contributed by atoms with van der Waals surface area (Å²) in [4.78, 5) is 32.3. The zero-order chi connectivity index (χ0) is 21.8. The highest BCUT2D eigenvalue weighted by Crippen LogP contribution is 2.23. The molecule has 0 radical (unpaired) electrons. The minimum absolute atomic E-state index is 0.0158. The van der Waals surface area contributed by atoms with Gasteiger partial charge in [0.15, 0.2) is 5.16 Å². The molecule has 7 heteroatoms. The van der Waals surface area contributed by atoms with E-state index < -0.39 is 0 Å². The highest BCUT2D eigenvalue weighted by atomic mass is 35.5. The Labute approximate surface area is 186 Å². The molecule has 1 atom stereocenters. The van der Waals surface area contributed by atoms with Gasteiger partial charge in [-0.3, -0.25) is 14.2 Å². The molecule has 0 N–H and O–H groups in total. The van der Waals surface area contributed by atoms with Crippen LogP contribution >= 0.6 is 23.4 Å². The number of aromatic nitrogens is 2. The smallest absolute Gasteiger partial charge is 0.262 e. The molecule has 0 bridgehead atoms. The molecule has 0 aliphatic heterocycles. The van der Waals surface area contributed by atoms with Crippen LogP contribution in [0.15, 0.2) is 58.5 Å². The molecular weight excluding hydrogens is 418 g/mol. The quantitative estimate of drug-likeness (QED) is 0.380. The number of carbonyl (C=O) groups excluding carboxylic acids is 1. The van der Waals surface area contributed by atoms with Gasteiger partial charge in [0.05, 0.1) is 22.7 Å². The Bertz CT molecular complexity index is 1100. The molecule has 0 fully saturated rings. The van der Waals surface area contributed by atoms with E-state index in [9.17, 15) is 9.59 Å². The van der Waals surface area contributed by atoms with Gasteiger partial charge in [-0.1, -0.05) is 67.5 Å². The highest BCUT2D eigenvalue weighted by Gasteiger charge is 2.19.